The SMILES string of the molecule is O=C(CCCCCNC(=O)CCCC[C@@H]1SC[C@@H]2NC(=O)N[C@@H]21)NC/C=C/c1cn([C@H]2C[C@H](O)[C@@H](COP(=O)([O-])OP(=O)([O-])OP(=O)([O-])O)O2)c(=O)[nH]c1=O.[Na+].[Na+].[Na+]. The number of H-pyrrole nitrogens is 1. The topological polar surface area (TPSA) is 352 Å². The molecule has 4 heterocycles. The number of aliphatic hydroxyl groups excluding tert-OH is 1. The van der Waals surface area contributed by atoms with Crippen molar-refractivity contribution in [2.75, 3.05) is 25.4 Å². The fourth-order valence-electron chi connectivity index (χ4n) is 5.95. The van der Waals surface area contributed by atoms with Gasteiger partial charge in [0.1, 0.15) is 12.3 Å². The summed E-state index contributed by atoms with van der Waals surface area (Å²) in [6.07, 6.45) is 4.62. The van der Waals surface area contributed by atoms with Crippen molar-refractivity contribution < 1.29 is 159 Å². The van der Waals surface area contributed by atoms with Crippen LogP contribution >= 0.6 is 35.2 Å². The van der Waals surface area contributed by atoms with E-state index in [1.54, 1.807) is 0 Å². The van der Waals surface area contributed by atoms with Crippen LogP contribution in [0.25, 0.3) is 6.08 Å². The second-order valence-corrected chi connectivity index (χ2v) is 18.3. The summed E-state index contributed by atoms with van der Waals surface area (Å²) in [5, 5.41) is 22.1. The summed E-state index contributed by atoms with van der Waals surface area (Å²) in [5.41, 5.74) is -1.78. The molecular formula is C28H42N6Na3O17P3S. The second-order valence-electron chi connectivity index (χ2n) is 12.7. The molecular weight excluding hydrogens is 886 g/mol. The van der Waals surface area contributed by atoms with Crippen LogP contribution in [0.5, 0.6) is 0 Å². The molecule has 3 unspecified atom stereocenters. The number of nitrogens with one attached hydrogen (secondary N) is 5. The summed E-state index contributed by atoms with van der Waals surface area (Å²) in [4.78, 5) is 105. The number of fused-ring (bicyclic) bond motifs is 1. The minimum Gasteiger partial charge on any atom is -0.756 e. The molecule has 3 fully saturated rings. The van der Waals surface area contributed by atoms with Gasteiger partial charge in [-0.15, -0.1) is 0 Å². The van der Waals surface area contributed by atoms with E-state index in [2.05, 4.69) is 39.4 Å². The molecule has 0 bridgehead atoms. The molecule has 0 saturated carbocycles. The molecule has 310 valence electrons. The van der Waals surface area contributed by atoms with Gasteiger partial charge < -0.3 is 55.2 Å². The average molecular weight is 929 g/mol. The number of carbonyl (C=O) groups excluding carboxylic acids is 3. The Hall–Kier alpha value is 0.310. The van der Waals surface area contributed by atoms with Gasteiger partial charge in [-0.1, -0.05) is 25.0 Å². The van der Waals surface area contributed by atoms with Gasteiger partial charge >= 0.3 is 100 Å². The Morgan fingerprint density at radius 2 is 1.64 bits per heavy atom. The van der Waals surface area contributed by atoms with E-state index in [9.17, 15) is 57.5 Å². The Balaban J connectivity index is 0.00000561. The quantitative estimate of drug-likeness (QED) is 0.0246. The van der Waals surface area contributed by atoms with Crippen molar-refractivity contribution in [2.24, 2.45) is 0 Å². The normalized spacial score (nSPS) is 25.4. The van der Waals surface area contributed by atoms with Crippen LogP contribution in [-0.2, 0) is 41.2 Å². The fraction of sp³-hybridized carbons (Fsp3) is 0.679. The van der Waals surface area contributed by atoms with Crippen molar-refractivity contribution in [3.05, 3.63) is 38.7 Å². The number of rotatable bonds is 22. The van der Waals surface area contributed by atoms with Gasteiger partial charge in [-0.05, 0) is 25.7 Å². The van der Waals surface area contributed by atoms with E-state index < -0.39 is 59.8 Å². The monoisotopic (exact) mass is 928 g/mol. The first-order chi connectivity index (χ1) is 25.8. The molecule has 1 aromatic rings. The zero-order valence-electron chi connectivity index (χ0n) is 32.1. The maximum atomic E-state index is 12.5. The van der Waals surface area contributed by atoms with Crippen LogP contribution in [0.15, 0.2) is 21.9 Å². The number of phosphoric ester groups is 1. The molecule has 30 heteroatoms. The first kappa shape index (κ1) is 56.3. The third-order valence-corrected chi connectivity index (χ3v) is 13.7. The first-order valence-corrected chi connectivity index (χ1v) is 22.6. The molecule has 3 saturated heterocycles. The van der Waals surface area contributed by atoms with Gasteiger partial charge in [-0.25, -0.2) is 18.2 Å². The summed E-state index contributed by atoms with van der Waals surface area (Å²) in [6, 6.07) is 0.226. The molecule has 3 aliphatic heterocycles. The van der Waals surface area contributed by atoms with Crippen molar-refractivity contribution in [1.82, 2.24) is 30.8 Å². The van der Waals surface area contributed by atoms with Crippen LogP contribution in [0.2, 0.25) is 0 Å². The van der Waals surface area contributed by atoms with E-state index in [1.807, 2.05) is 11.8 Å². The van der Waals surface area contributed by atoms with Crippen molar-refractivity contribution in [2.45, 2.75) is 93.6 Å². The number of nitrogens with zero attached hydrogens (tertiary/aromatic N) is 1. The number of aliphatic hydroxyl groups is 1. The van der Waals surface area contributed by atoms with E-state index in [1.165, 1.54) is 12.2 Å². The number of hydrogen-bond donors (Lipinski definition) is 7. The molecule has 4 amide bonds. The molecule has 4 rings (SSSR count). The fourth-order valence-corrected chi connectivity index (χ4v) is 10.4. The maximum absolute atomic E-state index is 12.5. The van der Waals surface area contributed by atoms with Gasteiger partial charge in [0.05, 0.1) is 30.4 Å². The van der Waals surface area contributed by atoms with E-state index in [0.29, 0.717) is 37.5 Å². The van der Waals surface area contributed by atoms with Crippen molar-refractivity contribution in [3.8, 4) is 0 Å². The second kappa shape index (κ2) is 26.2. The van der Waals surface area contributed by atoms with Gasteiger partial charge in [-0.3, -0.25) is 37.6 Å². The number of thioether (sulfide) groups is 1. The Labute approximate surface area is 403 Å². The Morgan fingerprint density at radius 1 is 0.966 bits per heavy atom. The van der Waals surface area contributed by atoms with E-state index >= 15 is 0 Å². The molecule has 0 aromatic carbocycles. The summed E-state index contributed by atoms with van der Waals surface area (Å²) in [6.45, 7) is -0.514. The number of unbranched alkanes of at least 4 members (excludes halogenated alkanes) is 3. The predicted octanol–water partition coefficient (Wildman–Crippen LogP) is -10.8. The van der Waals surface area contributed by atoms with Crippen LogP contribution in [0.1, 0.15) is 69.6 Å². The molecule has 0 aliphatic carbocycles. The first-order valence-electron chi connectivity index (χ1n) is 17.1. The van der Waals surface area contributed by atoms with E-state index in [4.69, 9.17) is 9.63 Å². The Bertz CT molecular complexity index is 1840. The van der Waals surface area contributed by atoms with Gasteiger partial charge in [0.25, 0.3) is 29.0 Å². The zero-order chi connectivity index (χ0) is 40.4. The number of ether oxygens (including phenoxy) is 1. The largest absolute Gasteiger partial charge is 1.00 e. The molecule has 9 atom stereocenters. The van der Waals surface area contributed by atoms with Crippen LogP contribution in [0, 0.1) is 0 Å². The molecule has 58 heavy (non-hydrogen) atoms. The summed E-state index contributed by atoms with van der Waals surface area (Å²) in [7, 11) is -17.9. The number of urea groups is 1. The Kier molecular flexibility index (Phi) is 25.4. The summed E-state index contributed by atoms with van der Waals surface area (Å²) < 4.78 is 51.1. The number of aromatic amines is 1. The molecule has 0 spiro atoms. The zero-order valence-corrected chi connectivity index (χ0v) is 41.6. The number of aromatic nitrogens is 2. The van der Waals surface area contributed by atoms with Crippen LogP contribution in [0.3, 0.4) is 0 Å². The number of hydrogen-bond acceptors (Lipinski definition) is 17. The minimum atomic E-state index is -6.13. The number of amides is 4. The van der Waals surface area contributed by atoms with Gasteiger partial charge in [0.15, 0.2) is 0 Å². The third kappa shape index (κ3) is 19.4. The van der Waals surface area contributed by atoms with Crippen molar-refractivity contribution in [3.63, 3.8) is 0 Å². The van der Waals surface area contributed by atoms with E-state index in [-0.39, 0.29) is 144 Å². The van der Waals surface area contributed by atoms with Crippen molar-refractivity contribution >= 4 is 59.2 Å². The standard InChI is InChI=1S/C28H45N6O17P3S.3Na/c35-19-13-24(49-20(19)15-48-53(44,45)51-54(46,47)50-52(41,42)43)34-14-17(26(38)33-28(34)40)7-6-12-30-22(36)9-2-1-5-11-29-23(37)10-4-3-8-21-25-18(16-55-21)31-27(39)32-25;;;/h6-7,14,18-21,24-25,35H,1-5,8-13,15-16H2,(H,29,37)(H,30,36)(H,44,45)(H,46,47)(H2,31,32,39)(H,33,38,40)(H2,41,42,43);;;/q;3*+1/p-3/b7-6+;;;/t18-,19-,20+,21-,24+,25-;;;/m0.../s1. The van der Waals surface area contributed by atoms with E-state index in [0.717, 1.165) is 35.8 Å². The Morgan fingerprint density at radius 3 is 2.33 bits per heavy atom. The molecule has 7 N–H and O–H groups in total. The van der Waals surface area contributed by atoms with Gasteiger partial charge in [-0.2, -0.15) is 11.8 Å². The maximum Gasteiger partial charge on any atom is 1.00 e. The smallest absolute Gasteiger partial charge is 0.756 e. The number of carbonyl (C=O) groups is 3. The molecule has 0 radical (unpaired) electrons. The van der Waals surface area contributed by atoms with Crippen LogP contribution in [-0.4, -0.2) is 92.4 Å². The molecule has 3 aliphatic rings. The van der Waals surface area contributed by atoms with Crippen molar-refractivity contribution in [1.29, 1.82) is 0 Å². The number of phosphoric acid groups is 3. The summed E-state index contributed by atoms with van der Waals surface area (Å²) >= 11 is 1.84. The van der Waals surface area contributed by atoms with Gasteiger partial charge in [0.2, 0.25) is 11.8 Å². The third-order valence-electron chi connectivity index (χ3n) is 8.51. The average Bonchev–Trinajstić information content (AvgIpc) is 3.74. The molecule has 23 nitrogen and oxygen atoms in total. The minimum absolute atomic E-state index is 0. The van der Waals surface area contributed by atoms with Gasteiger partial charge in [0, 0.05) is 49.6 Å². The summed E-state index contributed by atoms with van der Waals surface area (Å²) in [5.74, 6) is 0.634. The van der Waals surface area contributed by atoms with Crippen LogP contribution in [0.4, 0.5) is 4.79 Å². The van der Waals surface area contributed by atoms with Crippen LogP contribution < -0.4 is 136 Å². The predicted molar refractivity (Wildman–Crippen MR) is 186 cm³/mol. The molecule has 1 aromatic heterocycles.